The van der Waals surface area contributed by atoms with E-state index in [1.165, 1.54) is 16.7 Å². The number of aryl methyl sites for hydroxylation is 1. The SMILES string of the molecule is Cc1cc(C(=O)NCc2ccccn2)c(C)n1-c1ccccc1C(F)(F)F. The summed E-state index contributed by atoms with van der Waals surface area (Å²) in [5, 5.41) is 2.76. The summed E-state index contributed by atoms with van der Waals surface area (Å²) in [6, 6.07) is 12.3. The first-order chi connectivity index (χ1) is 12.8. The van der Waals surface area contributed by atoms with Gasteiger partial charge < -0.3 is 9.88 Å². The smallest absolute Gasteiger partial charge is 0.346 e. The third kappa shape index (κ3) is 3.86. The van der Waals surface area contributed by atoms with Crippen LogP contribution in [0.4, 0.5) is 13.2 Å². The standard InChI is InChI=1S/C20H18F3N3O/c1-13-11-16(19(27)25-12-15-7-5-6-10-24-15)14(2)26(13)18-9-4-3-8-17(18)20(21,22)23/h3-11H,12H2,1-2H3,(H,25,27). The van der Waals surface area contributed by atoms with Crippen molar-refractivity contribution in [3.8, 4) is 5.69 Å². The van der Waals surface area contributed by atoms with E-state index in [1.54, 1.807) is 44.3 Å². The first-order valence-electron chi connectivity index (χ1n) is 8.32. The van der Waals surface area contributed by atoms with E-state index in [9.17, 15) is 18.0 Å². The Morgan fingerprint density at radius 3 is 2.48 bits per heavy atom. The highest BCUT2D eigenvalue weighted by Crippen LogP contribution is 2.35. The van der Waals surface area contributed by atoms with Gasteiger partial charge in [-0.3, -0.25) is 9.78 Å². The topological polar surface area (TPSA) is 46.9 Å². The number of hydrogen-bond acceptors (Lipinski definition) is 2. The maximum atomic E-state index is 13.4. The Kier molecular flexibility index (Phi) is 5.03. The molecule has 140 valence electrons. The number of pyridine rings is 1. The fourth-order valence-corrected chi connectivity index (χ4v) is 3.04. The van der Waals surface area contributed by atoms with Gasteiger partial charge in [0.25, 0.3) is 5.91 Å². The summed E-state index contributed by atoms with van der Waals surface area (Å²) in [7, 11) is 0. The number of benzene rings is 1. The normalized spacial score (nSPS) is 11.4. The van der Waals surface area contributed by atoms with Crippen LogP contribution in [-0.2, 0) is 12.7 Å². The lowest BCUT2D eigenvalue weighted by atomic mass is 10.1. The number of rotatable bonds is 4. The van der Waals surface area contributed by atoms with E-state index < -0.39 is 11.7 Å². The van der Waals surface area contributed by atoms with Crippen LogP contribution in [0.2, 0.25) is 0 Å². The minimum absolute atomic E-state index is 0.00350. The molecule has 0 saturated heterocycles. The summed E-state index contributed by atoms with van der Waals surface area (Å²) < 4.78 is 41.6. The molecule has 0 spiro atoms. The third-order valence-corrected chi connectivity index (χ3v) is 4.28. The number of carbonyl (C=O) groups excluding carboxylic acids is 1. The first-order valence-corrected chi connectivity index (χ1v) is 8.32. The quantitative estimate of drug-likeness (QED) is 0.735. The number of hydrogen-bond donors (Lipinski definition) is 1. The average molecular weight is 373 g/mol. The van der Waals surface area contributed by atoms with Crippen molar-refractivity contribution < 1.29 is 18.0 Å². The lowest BCUT2D eigenvalue weighted by Crippen LogP contribution is -2.23. The van der Waals surface area contributed by atoms with Gasteiger partial charge in [-0.05, 0) is 44.2 Å². The van der Waals surface area contributed by atoms with Crippen molar-refractivity contribution in [1.82, 2.24) is 14.9 Å². The minimum Gasteiger partial charge on any atom is -0.346 e. The molecule has 0 aliphatic carbocycles. The van der Waals surface area contributed by atoms with Gasteiger partial charge in [0.2, 0.25) is 0 Å². The van der Waals surface area contributed by atoms with E-state index in [0.29, 0.717) is 22.6 Å². The lowest BCUT2D eigenvalue weighted by molar-refractivity contribution is -0.137. The summed E-state index contributed by atoms with van der Waals surface area (Å²) in [5.74, 6) is -0.357. The van der Waals surface area contributed by atoms with Crippen molar-refractivity contribution in [2.24, 2.45) is 0 Å². The zero-order valence-corrected chi connectivity index (χ0v) is 14.8. The van der Waals surface area contributed by atoms with Gasteiger partial charge in [0.15, 0.2) is 0 Å². The van der Waals surface area contributed by atoms with Crippen molar-refractivity contribution in [1.29, 1.82) is 0 Å². The van der Waals surface area contributed by atoms with E-state index in [1.807, 2.05) is 6.07 Å². The summed E-state index contributed by atoms with van der Waals surface area (Å²) in [6.45, 7) is 3.55. The molecule has 7 heteroatoms. The van der Waals surface area contributed by atoms with E-state index in [4.69, 9.17) is 0 Å². The Hall–Kier alpha value is -3.09. The molecule has 0 unspecified atom stereocenters. The Labute approximate surface area is 154 Å². The highest BCUT2D eigenvalue weighted by atomic mass is 19.4. The van der Waals surface area contributed by atoms with Gasteiger partial charge in [-0.25, -0.2) is 0 Å². The summed E-state index contributed by atoms with van der Waals surface area (Å²) in [5.41, 5.74) is 1.29. The number of para-hydroxylation sites is 1. The molecule has 0 radical (unpaired) electrons. The molecule has 1 aromatic carbocycles. The van der Waals surface area contributed by atoms with Crippen LogP contribution in [-0.4, -0.2) is 15.5 Å². The molecule has 0 atom stereocenters. The van der Waals surface area contributed by atoms with Crippen molar-refractivity contribution in [3.05, 3.63) is 82.9 Å². The molecule has 0 fully saturated rings. The number of carbonyl (C=O) groups is 1. The Bertz CT molecular complexity index is 962. The highest BCUT2D eigenvalue weighted by Gasteiger charge is 2.34. The number of halogens is 3. The van der Waals surface area contributed by atoms with Gasteiger partial charge in [0, 0.05) is 17.6 Å². The lowest BCUT2D eigenvalue weighted by Gasteiger charge is -2.16. The van der Waals surface area contributed by atoms with Gasteiger partial charge >= 0.3 is 6.18 Å². The van der Waals surface area contributed by atoms with Gasteiger partial charge in [-0.2, -0.15) is 13.2 Å². The van der Waals surface area contributed by atoms with Crippen LogP contribution < -0.4 is 5.32 Å². The van der Waals surface area contributed by atoms with Gasteiger partial charge in [0.1, 0.15) is 0 Å². The van der Waals surface area contributed by atoms with Crippen LogP contribution >= 0.6 is 0 Å². The number of nitrogens with one attached hydrogen (secondary N) is 1. The van der Waals surface area contributed by atoms with E-state index >= 15 is 0 Å². The van der Waals surface area contributed by atoms with Crippen LogP contribution in [0.1, 0.15) is 33.0 Å². The Morgan fingerprint density at radius 1 is 1.11 bits per heavy atom. The predicted molar refractivity (Wildman–Crippen MR) is 95.7 cm³/mol. The maximum Gasteiger partial charge on any atom is 0.418 e. The first kappa shape index (κ1) is 18.7. The largest absolute Gasteiger partial charge is 0.418 e. The molecule has 4 nitrogen and oxygen atoms in total. The maximum absolute atomic E-state index is 13.4. The summed E-state index contributed by atoms with van der Waals surface area (Å²) in [6.07, 6.45) is -2.86. The minimum atomic E-state index is -4.48. The zero-order chi connectivity index (χ0) is 19.6. The van der Waals surface area contributed by atoms with E-state index in [0.717, 1.165) is 6.07 Å². The molecule has 3 aromatic rings. The molecule has 0 saturated carbocycles. The van der Waals surface area contributed by atoms with Crippen molar-refractivity contribution in [3.63, 3.8) is 0 Å². The number of alkyl halides is 3. The summed E-state index contributed by atoms with van der Waals surface area (Å²) >= 11 is 0. The van der Waals surface area contributed by atoms with Crippen LogP contribution in [0.25, 0.3) is 5.69 Å². The van der Waals surface area contributed by atoms with Gasteiger partial charge in [0.05, 0.1) is 29.1 Å². The summed E-state index contributed by atoms with van der Waals surface area (Å²) in [4.78, 5) is 16.7. The van der Waals surface area contributed by atoms with E-state index in [-0.39, 0.29) is 18.1 Å². The van der Waals surface area contributed by atoms with Crippen molar-refractivity contribution in [2.45, 2.75) is 26.6 Å². The second kappa shape index (κ2) is 7.26. The molecule has 2 aromatic heterocycles. The molecule has 0 bridgehead atoms. The van der Waals surface area contributed by atoms with Crippen molar-refractivity contribution >= 4 is 5.91 Å². The Morgan fingerprint density at radius 2 is 1.81 bits per heavy atom. The monoisotopic (exact) mass is 373 g/mol. The van der Waals surface area contributed by atoms with Crippen LogP contribution in [0.15, 0.2) is 54.7 Å². The molecule has 0 aliphatic heterocycles. The van der Waals surface area contributed by atoms with E-state index in [2.05, 4.69) is 10.3 Å². The fraction of sp³-hybridized carbons (Fsp3) is 0.200. The molecule has 27 heavy (non-hydrogen) atoms. The molecular formula is C20H18F3N3O. The Balaban J connectivity index is 1.93. The number of amides is 1. The number of aromatic nitrogens is 2. The number of nitrogens with zero attached hydrogens (tertiary/aromatic N) is 2. The zero-order valence-electron chi connectivity index (χ0n) is 14.8. The predicted octanol–water partition coefficient (Wildman–Crippen LogP) is 4.44. The van der Waals surface area contributed by atoms with Crippen LogP contribution in [0.3, 0.4) is 0 Å². The third-order valence-electron chi connectivity index (χ3n) is 4.28. The van der Waals surface area contributed by atoms with Crippen LogP contribution in [0, 0.1) is 13.8 Å². The molecular weight excluding hydrogens is 355 g/mol. The van der Waals surface area contributed by atoms with Crippen molar-refractivity contribution in [2.75, 3.05) is 0 Å². The molecule has 1 amide bonds. The highest BCUT2D eigenvalue weighted by molar-refractivity contribution is 5.95. The molecule has 0 aliphatic rings. The second-order valence-electron chi connectivity index (χ2n) is 6.14. The van der Waals surface area contributed by atoms with Gasteiger partial charge in [-0.15, -0.1) is 0 Å². The molecule has 2 heterocycles. The molecule has 3 rings (SSSR count). The average Bonchev–Trinajstić information content (AvgIpc) is 2.94. The second-order valence-corrected chi connectivity index (χ2v) is 6.14. The molecule has 1 N–H and O–H groups in total. The van der Waals surface area contributed by atoms with Crippen LogP contribution in [0.5, 0.6) is 0 Å². The van der Waals surface area contributed by atoms with Gasteiger partial charge in [-0.1, -0.05) is 18.2 Å². The fourth-order valence-electron chi connectivity index (χ4n) is 3.04.